The van der Waals surface area contributed by atoms with Crippen molar-refractivity contribution in [2.75, 3.05) is 18.0 Å². The number of hydrogen-bond donors (Lipinski definition) is 1. The van der Waals surface area contributed by atoms with Gasteiger partial charge in [-0.05, 0) is 49.1 Å². The number of hydrogen-bond acceptors (Lipinski definition) is 2. The topological polar surface area (TPSA) is 46.3 Å². The molecule has 0 spiro atoms. The minimum atomic E-state index is -0.338. The van der Waals surface area contributed by atoms with Crippen LogP contribution >= 0.6 is 0 Å². The zero-order chi connectivity index (χ0) is 15.5. The van der Waals surface area contributed by atoms with E-state index in [4.69, 9.17) is 5.73 Å². The Kier molecular flexibility index (Phi) is 4.14. The fourth-order valence-electron chi connectivity index (χ4n) is 3.47. The molecule has 0 radical (unpaired) electrons. The van der Waals surface area contributed by atoms with Gasteiger partial charge in [-0.3, -0.25) is 4.79 Å². The summed E-state index contributed by atoms with van der Waals surface area (Å²) in [7, 11) is 0. The Bertz CT molecular complexity index is 666. The summed E-state index contributed by atoms with van der Waals surface area (Å²) in [6, 6.07) is 16.4. The maximum absolute atomic E-state index is 11.6. The third kappa shape index (κ3) is 2.84. The van der Waals surface area contributed by atoms with Crippen molar-refractivity contribution < 1.29 is 4.79 Å². The van der Waals surface area contributed by atoms with Gasteiger partial charge in [0.25, 0.3) is 0 Å². The Labute approximate surface area is 131 Å². The Morgan fingerprint density at radius 2 is 1.91 bits per heavy atom. The van der Waals surface area contributed by atoms with E-state index in [1.807, 2.05) is 25.1 Å². The van der Waals surface area contributed by atoms with E-state index in [1.54, 1.807) is 0 Å². The summed E-state index contributed by atoms with van der Waals surface area (Å²) in [5, 5.41) is 0. The van der Waals surface area contributed by atoms with Crippen LogP contribution in [0.3, 0.4) is 0 Å². The molecule has 2 aromatic carbocycles. The minimum Gasteiger partial charge on any atom is -0.371 e. The predicted octanol–water partition coefficient (Wildman–Crippen LogP) is 3.48. The molecule has 3 rings (SSSR count). The van der Waals surface area contributed by atoms with Crippen molar-refractivity contribution in [3.8, 4) is 0 Å². The molecule has 1 atom stereocenters. The van der Waals surface area contributed by atoms with Gasteiger partial charge >= 0.3 is 0 Å². The number of para-hydroxylation sites is 1. The maximum atomic E-state index is 11.6. The molecular formula is C19H22N2O. The van der Waals surface area contributed by atoms with Crippen LogP contribution in [0.4, 0.5) is 5.69 Å². The number of anilines is 1. The largest absolute Gasteiger partial charge is 0.371 e. The molecule has 114 valence electrons. The van der Waals surface area contributed by atoms with Crippen molar-refractivity contribution in [1.82, 2.24) is 0 Å². The highest BCUT2D eigenvalue weighted by atomic mass is 16.1. The van der Waals surface area contributed by atoms with E-state index in [1.165, 1.54) is 17.7 Å². The van der Waals surface area contributed by atoms with Gasteiger partial charge in [-0.15, -0.1) is 0 Å². The van der Waals surface area contributed by atoms with Gasteiger partial charge in [0.1, 0.15) is 0 Å². The fourth-order valence-corrected chi connectivity index (χ4v) is 3.47. The van der Waals surface area contributed by atoms with E-state index in [0.717, 1.165) is 25.1 Å². The van der Waals surface area contributed by atoms with Crippen LogP contribution in [0.1, 0.15) is 40.2 Å². The Morgan fingerprint density at radius 1 is 1.14 bits per heavy atom. The number of primary amides is 1. The lowest BCUT2D eigenvalue weighted by atomic mass is 9.86. The summed E-state index contributed by atoms with van der Waals surface area (Å²) in [5.74, 6) is 0.114. The molecule has 1 amide bonds. The Balaban J connectivity index is 1.86. The number of benzene rings is 2. The summed E-state index contributed by atoms with van der Waals surface area (Å²) >= 11 is 0. The first-order valence-corrected chi connectivity index (χ1v) is 7.86. The van der Waals surface area contributed by atoms with Crippen LogP contribution in [0.15, 0.2) is 48.5 Å². The highest BCUT2D eigenvalue weighted by molar-refractivity contribution is 5.94. The van der Waals surface area contributed by atoms with E-state index in [0.29, 0.717) is 11.5 Å². The van der Waals surface area contributed by atoms with Crippen molar-refractivity contribution in [3.05, 3.63) is 65.2 Å². The molecule has 1 aliphatic heterocycles. The van der Waals surface area contributed by atoms with Crippen molar-refractivity contribution in [1.29, 1.82) is 0 Å². The highest BCUT2D eigenvalue weighted by Gasteiger charge is 2.23. The van der Waals surface area contributed by atoms with Crippen molar-refractivity contribution in [2.24, 2.45) is 5.73 Å². The Morgan fingerprint density at radius 3 is 2.64 bits per heavy atom. The summed E-state index contributed by atoms with van der Waals surface area (Å²) in [5.41, 5.74) is 9.70. The third-order valence-corrected chi connectivity index (χ3v) is 4.62. The summed E-state index contributed by atoms with van der Waals surface area (Å²) in [6.45, 7) is 4.10. The molecule has 3 heteroatoms. The molecule has 2 aromatic rings. The lowest BCUT2D eigenvalue weighted by Crippen LogP contribution is -2.34. The van der Waals surface area contributed by atoms with Crippen LogP contribution in [-0.4, -0.2) is 19.0 Å². The number of piperidine rings is 1. The van der Waals surface area contributed by atoms with E-state index in [9.17, 15) is 4.79 Å². The van der Waals surface area contributed by atoms with Crippen LogP contribution in [0.5, 0.6) is 0 Å². The number of nitrogens with two attached hydrogens (primary N) is 1. The number of carbonyl (C=O) groups is 1. The van der Waals surface area contributed by atoms with Crippen LogP contribution < -0.4 is 10.6 Å². The van der Waals surface area contributed by atoms with Gasteiger partial charge in [-0.2, -0.15) is 0 Å². The molecule has 1 saturated heterocycles. The molecule has 1 aliphatic rings. The van der Waals surface area contributed by atoms with Gasteiger partial charge in [0.2, 0.25) is 5.91 Å². The zero-order valence-electron chi connectivity index (χ0n) is 13.0. The summed E-state index contributed by atoms with van der Waals surface area (Å²) in [6.07, 6.45) is 2.33. The lowest BCUT2D eigenvalue weighted by molar-refractivity contribution is 0.0999. The molecule has 0 bridgehead atoms. The Hall–Kier alpha value is -2.29. The molecule has 1 heterocycles. The van der Waals surface area contributed by atoms with Gasteiger partial charge in [0.15, 0.2) is 0 Å². The molecule has 1 unspecified atom stereocenters. The van der Waals surface area contributed by atoms with Crippen LogP contribution in [-0.2, 0) is 0 Å². The summed E-state index contributed by atoms with van der Waals surface area (Å²) < 4.78 is 0. The number of carbonyl (C=O) groups excluding carboxylic acids is 1. The fraction of sp³-hybridized carbons (Fsp3) is 0.316. The van der Waals surface area contributed by atoms with Gasteiger partial charge in [-0.1, -0.05) is 30.3 Å². The van der Waals surface area contributed by atoms with E-state index < -0.39 is 0 Å². The average molecular weight is 294 g/mol. The van der Waals surface area contributed by atoms with Crippen molar-refractivity contribution in [3.63, 3.8) is 0 Å². The molecule has 1 fully saturated rings. The smallest absolute Gasteiger partial charge is 0.248 e. The van der Waals surface area contributed by atoms with Gasteiger partial charge < -0.3 is 10.6 Å². The number of rotatable bonds is 3. The molecule has 22 heavy (non-hydrogen) atoms. The molecular weight excluding hydrogens is 272 g/mol. The van der Waals surface area contributed by atoms with Gasteiger partial charge in [0.05, 0.1) is 0 Å². The SMILES string of the molecule is Cc1c(C(N)=O)cccc1C1CCCN(c2ccccc2)C1. The zero-order valence-corrected chi connectivity index (χ0v) is 13.0. The normalized spacial score (nSPS) is 18.2. The second kappa shape index (κ2) is 6.22. The van der Waals surface area contributed by atoms with Gasteiger partial charge in [0, 0.05) is 30.3 Å². The molecule has 2 N–H and O–H groups in total. The molecule has 3 nitrogen and oxygen atoms in total. The van der Waals surface area contributed by atoms with E-state index >= 15 is 0 Å². The molecule has 0 aromatic heterocycles. The van der Waals surface area contributed by atoms with Crippen LogP contribution in [0.25, 0.3) is 0 Å². The summed E-state index contributed by atoms with van der Waals surface area (Å²) in [4.78, 5) is 14.0. The maximum Gasteiger partial charge on any atom is 0.248 e. The lowest BCUT2D eigenvalue weighted by Gasteiger charge is -2.35. The monoisotopic (exact) mass is 294 g/mol. The first-order valence-electron chi connectivity index (χ1n) is 7.86. The second-order valence-corrected chi connectivity index (χ2v) is 6.00. The first-order chi connectivity index (χ1) is 10.7. The average Bonchev–Trinajstić information content (AvgIpc) is 2.56. The van der Waals surface area contributed by atoms with E-state index in [2.05, 4.69) is 35.2 Å². The first kappa shape index (κ1) is 14.6. The van der Waals surface area contributed by atoms with Crippen LogP contribution in [0.2, 0.25) is 0 Å². The van der Waals surface area contributed by atoms with Crippen molar-refractivity contribution >= 4 is 11.6 Å². The molecule has 0 aliphatic carbocycles. The quantitative estimate of drug-likeness (QED) is 0.942. The van der Waals surface area contributed by atoms with Crippen molar-refractivity contribution in [2.45, 2.75) is 25.7 Å². The third-order valence-electron chi connectivity index (χ3n) is 4.62. The van der Waals surface area contributed by atoms with Crippen LogP contribution in [0, 0.1) is 6.92 Å². The highest BCUT2D eigenvalue weighted by Crippen LogP contribution is 2.32. The predicted molar refractivity (Wildman–Crippen MR) is 90.3 cm³/mol. The number of amides is 1. The van der Waals surface area contributed by atoms with E-state index in [-0.39, 0.29) is 5.91 Å². The number of nitrogens with zero attached hydrogens (tertiary/aromatic N) is 1. The van der Waals surface area contributed by atoms with Gasteiger partial charge in [-0.25, -0.2) is 0 Å². The minimum absolute atomic E-state index is 0.338. The standard InChI is InChI=1S/C19H22N2O/c1-14-17(10-5-11-18(14)19(20)22)15-7-6-12-21(13-15)16-8-3-2-4-9-16/h2-5,8-11,15H,6-7,12-13H2,1H3,(H2,20,22). The molecule has 0 saturated carbocycles. The second-order valence-electron chi connectivity index (χ2n) is 6.00.